The average Bonchev–Trinajstić information content (AvgIpc) is 3.32. The van der Waals surface area contributed by atoms with Crippen LogP contribution in [0.1, 0.15) is 17.7 Å². The fraction of sp³-hybridized carbons (Fsp3) is 0.263. The Kier molecular flexibility index (Phi) is 5.16. The van der Waals surface area contributed by atoms with E-state index in [9.17, 15) is 9.59 Å². The van der Waals surface area contributed by atoms with Gasteiger partial charge in [0.25, 0.3) is 0 Å². The van der Waals surface area contributed by atoms with Crippen LogP contribution in [0.25, 0.3) is 0 Å². The molecule has 3 aromatic rings. The molecule has 0 aliphatic heterocycles. The molecule has 0 spiro atoms. The molecule has 2 aromatic heterocycles. The maximum absolute atomic E-state index is 12.2. The van der Waals surface area contributed by atoms with Crippen LogP contribution in [0.5, 0.6) is 0 Å². The van der Waals surface area contributed by atoms with Crippen LogP contribution in [-0.2, 0) is 29.5 Å². The van der Waals surface area contributed by atoms with Crippen molar-refractivity contribution >= 4 is 29.3 Å². The van der Waals surface area contributed by atoms with Crippen molar-refractivity contribution in [2.45, 2.75) is 35.4 Å². The van der Waals surface area contributed by atoms with Gasteiger partial charge in [0.1, 0.15) is 0 Å². The smallest absolute Gasteiger partial charge is 0.313 e. The molecule has 1 atom stereocenters. The lowest BCUT2D eigenvalue weighted by atomic mass is 9.93. The second-order valence-corrected chi connectivity index (χ2v) is 7.73. The number of benzene rings is 1. The third kappa shape index (κ3) is 4.09. The molecule has 0 unspecified atom stereocenters. The predicted molar refractivity (Wildman–Crippen MR) is 105 cm³/mol. The van der Waals surface area contributed by atoms with Crippen LogP contribution in [0.4, 0.5) is 5.69 Å². The van der Waals surface area contributed by atoms with Gasteiger partial charge in [-0.05, 0) is 49.1 Å². The highest BCUT2D eigenvalue weighted by molar-refractivity contribution is 7.99. The zero-order valence-electron chi connectivity index (χ0n) is 15.3. The van der Waals surface area contributed by atoms with Crippen LogP contribution in [0, 0.1) is 0 Å². The lowest BCUT2D eigenvalue weighted by Crippen LogP contribution is -2.44. The summed E-state index contributed by atoms with van der Waals surface area (Å²) in [7, 11) is 1.93. The molecule has 1 aliphatic rings. The van der Waals surface area contributed by atoms with E-state index in [1.165, 1.54) is 11.8 Å². The van der Waals surface area contributed by atoms with E-state index in [1.807, 2.05) is 29.9 Å². The first-order valence-electron chi connectivity index (χ1n) is 8.96. The van der Waals surface area contributed by atoms with E-state index in [2.05, 4.69) is 25.8 Å². The van der Waals surface area contributed by atoms with Crippen LogP contribution in [0.15, 0.2) is 52.9 Å². The minimum atomic E-state index is -0.664. The molecule has 4 rings (SSSR count). The molecule has 1 aliphatic carbocycles. The summed E-state index contributed by atoms with van der Waals surface area (Å²) < 4.78 is 1.93. The Balaban J connectivity index is 1.30. The summed E-state index contributed by atoms with van der Waals surface area (Å²) in [5.74, 6) is -1.29. The summed E-state index contributed by atoms with van der Waals surface area (Å²) in [5.41, 5.74) is 2.78. The van der Waals surface area contributed by atoms with Crippen molar-refractivity contribution < 1.29 is 9.59 Å². The number of hydrogen-bond donors (Lipinski definition) is 3. The van der Waals surface area contributed by atoms with Gasteiger partial charge in [0, 0.05) is 41.8 Å². The van der Waals surface area contributed by atoms with Gasteiger partial charge < -0.3 is 15.2 Å². The molecule has 8 nitrogen and oxygen atoms in total. The maximum Gasteiger partial charge on any atom is 0.313 e. The summed E-state index contributed by atoms with van der Waals surface area (Å²) >= 11 is 1.53. The highest BCUT2D eigenvalue weighted by Crippen LogP contribution is 2.26. The van der Waals surface area contributed by atoms with Crippen LogP contribution in [0.2, 0.25) is 0 Å². The first-order valence-corrected chi connectivity index (χ1v) is 9.78. The fourth-order valence-corrected chi connectivity index (χ4v) is 3.94. The quantitative estimate of drug-likeness (QED) is 0.585. The van der Waals surface area contributed by atoms with E-state index in [4.69, 9.17) is 0 Å². The van der Waals surface area contributed by atoms with Crippen LogP contribution in [-0.4, -0.2) is 37.6 Å². The summed E-state index contributed by atoms with van der Waals surface area (Å²) in [6, 6.07) is 7.26. The summed E-state index contributed by atoms with van der Waals surface area (Å²) in [4.78, 5) is 29.7. The lowest BCUT2D eigenvalue weighted by Gasteiger charge is -2.22. The monoisotopic (exact) mass is 396 g/mol. The van der Waals surface area contributed by atoms with Gasteiger partial charge in [0.15, 0.2) is 5.16 Å². The highest BCUT2D eigenvalue weighted by Gasteiger charge is 2.24. The number of nitrogens with one attached hydrogen (secondary N) is 3. The SMILES string of the molecule is Cn1ccnc1Sc1ccc(NC(=O)C(=O)N[C@@H]2CCc3[nH]ncc3C2)cc1. The van der Waals surface area contributed by atoms with Gasteiger partial charge in [-0.25, -0.2) is 4.98 Å². The number of anilines is 1. The number of aromatic nitrogens is 4. The Hall–Kier alpha value is -3.07. The van der Waals surface area contributed by atoms with Gasteiger partial charge in [-0.1, -0.05) is 11.8 Å². The van der Waals surface area contributed by atoms with E-state index >= 15 is 0 Å². The van der Waals surface area contributed by atoms with Crippen molar-refractivity contribution in [3.8, 4) is 0 Å². The minimum Gasteiger partial charge on any atom is -0.345 e. The normalized spacial score (nSPS) is 15.7. The minimum absolute atomic E-state index is 0.0556. The lowest BCUT2D eigenvalue weighted by molar-refractivity contribution is -0.136. The Bertz CT molecular complexity index is 994. The molecular formula is C19H20N6O2S. The summed E-state index contributed by atoms with van der Waals surface area (Å²) in [6.07, 6.45) is 7.69. The van der Waals surface area contributed by atoms with Gasteiger partial charge in [-0.15, -0.1) is 0 Å². The van der Waals surface area contributed by atoms with Crippen molar-refractivity contribution in [2.75, 3.05) is 5.32 Å². The Morgan fingerprint density at radius 1 is 1.25 bits per heavy atom. The molecule has 2 heterocycles. The largest absolute Gasteiger partial charge is 0.345 e. The van der Waals surface area contributed by atoms with Gasteiger partial charge in [-0.3, -0.25) is 14.7 Å². The molecule has 1 aromatic carbocycles. The number of aryl methyl sites for hydroxylation is 2. The van der Waals surface area contributed by atoms with Crippen LogP contribution in [0.3, 0.4) is 0 Å². The number of aromatic amines is 1. The van der Waals surface area contributed by atoms with Crippen molar-refractivity contribution in [3.05, 3.63) is 54.1 Å². The number of fused-ring (bicyclic) bond motifs is 1. The number of hydrogen-bond acceptors (Lipinski definition) is 5. The average molecular weight is 396 g/mol. The van der Waals surface area contributed by atoms with Crippen molar-refractivity contribution in [1.82, 2.24) is 25.1 Å². The number of carbonyl (C=O) groups is 2. The molecule has 0 saturated heterocycles. The molecule has 3 N–H and O–H groups in total. The standard InChI is InChI=1S/C19H20N6O2S/c1-25-9-8-20-19(25)28-15-5-2-13(3-6-15)22-17(26)18(27)23-14-4-7-16-12(10-14)11-21-24-16/h2-3,5-6,8-9,11,14H,4,7,10H2,1H3,(H,21,24)(H,22,26)(H,23,27)/t14-/m1/s1. The Morgan fingerprint density at radius 2 is 2.07 bits per heavy atom. The zero-order chi connectivity index (χ0) is 19.5. The number of carbonyl (C=O) groups excluding carboxylic acids is 2. The van der Waals surface area contributed by atoms with E-state index in [0.717, 1.165) is 34.2 Å². The Morgan fingerprint density at radius 3 is 2.82 bits per heavy atom. The van der Waals surface area contributed by atoms with Gasteiger partial charge in [0.05, 0.1) is 6.20 Å². The maximum atomic E-state index is 12.2. The van der Waals surface area contributed by atoms with Gasteiger partial charge in [0.2, 0.25) is 0 Å². The first kappa shape index (κ1) is 18.3. The van der Waals surface area contributed by atoms with Crippen LogP contribution < -0.4 is 10.6 Å². The molecule has 144 valence electrons. The van der Waals surface area contributed by atoms with Crippen molar-refractivity contribution in [1.29, 1.82) is 0 Å². The predicted octanol–water partition coefficient (Wildman–Crippen LogP) is 1.91. The molecule has 0 bridgehead atoms. The van der Waals surface area contributed by atoms with Gasteiger partial charge in [-0.2, -0.15) is 5.10 Å². The number of H-pyrrole nitrogens is 1. The molecule has 28 heavy (non-hydrogen) atoms. The summed E-state index contributed by atoms with van der Waals surface area (Å²) in [6.45, 7) is 0. The van der Waals surface area contributed by atoms with E-state index in [1.54, 1.807) is 24.5 Å². The molecule has 0 radical (unpaired) electrons. The summed E-state index contributed by atoms with van der Waals surface area (Å²) in [5, 5.41) is 13.3. The molecule has 2 amide bonds. The van der Waals surface area contributed by atoms with Gasteiger partial charge >= 0.3 is 11.8 Å². The number of amides is 2. The second kappa shape index (κ2) is 7.89. The molecule has 9 heteroatoms. The van der Waals surface area contributed by atoms with Crippen molar-refractivity contribution in [2.24, 2.45) is 7.05 Å². The second-order valence-electron chi connectivity index (χ2n) is 6.69. The van der Waals surface area contributed by atoms with Crippen LogP contribution >= 0.6 is 11.8 Å². The molecular weight excluding hydrogens is 376 g/mol. The number of nitrogens with zero attached hydrogens (tertiary/aromatic N) is 3. The first-order chi connectivity index (χ1) is 13.6. The fourth-order valence-electron chi connectivity index (χ4n) is 3.14. The number of rotatable bonds is 4. The van der Waals surface area contributed by atoms with E-state index in [0.29, 0.717) is 12.1 Å². The third-order valence-corrected chi connectivity index (χ3v) is 5.74. The Labute approximate surface area is 166 Å². The highest BCUT2D eigenvalue weighted by atomic mass is 32.2. The third-order valence-electron chi connectivity index (χ3n) is 4.66. The number of imidazole rings is 1. The van der Waals surface area contributed by atoms with E-state index < -0.39 is 11.8 Å². The molecule has 0 saturated carbocycles. The van der Waals surface area contributed by atoms with Crippen molar-refractivity contribution in [3.63, 3.8) is 0 Å². The topological polar surface area (TPSA) is 105 Å². The zero-order valence-corrected chi connectivity index (χ0v) is 16.1. The molecule has 0 fully saturated rings. The van der Waals surface area contributed by atoms with E-state index in [-0.39, 0.29) is 6.04 Å².